The van der Waals surface area contributed by atoms with Gasteiger partial charge in [0.1, 0.15) is 11.6 Å². The van der Waals surface area contributed by atoms with Crippen LogP contribution in [-0.4, -0.2) is 50.4 Å². The molecule has 2 atom stereocenters. The number of hydrogen-bond acceptors (Lipinski definition) is 6. The number of nitrogens with one attached hydrogen (secondary N) is 1. The summed E-state index contributed by atoms with van der Waals surface area (Å²) >= 11 is 0. The summed E-state index contributed by atoms with van der Waals surface area (Å²) in [6.07, 6.45) is 0.0265. The SMILES string of the molecule is CC(=O)NC1CC12CN(c1ccc(-c3ccc(Cn4nnnc4C)cc3)c(F)c1)C(=O)O2. The average molecular weight is 436 g/mol. The maximum Gasteiger partial charge on any atom is 0.415 e. The molecular formula is C22H21FN6O3. The highest BCUT2D eigenvalue weighted by Gasteiger charge is 2.64. The normalized spacial score (nSPS) is 21.7. The number of carbonyl (C=O) groups is 2. The van der Waals surface area contributed by atoms with E-state index in [1.165, 1.54) is 17.9 Å². The zero-order chi connectivity index (χ0) is 22.5. The van der Waals surface area contributed by atoms with Gasteiger partial charge in [0.2, 0.25) is 5.91 Å². The Kier molecular flexibility index (Phi) is 4.65. The number of rotatable bonds is 5. The molecule has 2 amide bonds. The third kappa shape index (κ3) is 3.57. The van der Waals surface area contributed by atoms with Gasteiger partial charge in [-0.25, -0.2) is 13.9 Å². The largest absolute Gasteiger partial charge is 0.438 e. The Morgan fingerprint density at radius 3 is 2.72 bits per heavy atom. The van der Waals surface area contributed by atoms with Gasteiger partial charge >= 0.3 is 6.09 Å². The summed E-state index contributed by atoms with van der Waals surface area (Å²) in [5.74, 6) is 0.109. The quantitative estimate of drug-likeness (QED) is 0.659. The standard InChI is InChI=1S/C22H21FN6O3/c1-13-25-26-27-29(13)11-15-3-5-16(6-4-15)18-8-7-17(9-19(18)23)28-12-22(32-21(28)31)10-20(22)24-14(2)30/h3-9,20H,10-12H2,1-2H3,(H,24,30). The fourth-order valence-corrected chi connectivity index (χ4v) is 4.06. The van der Waals surface area contributed by atoms with E-state index in [-0.39, 0.29) is 18.5 Å². The van der Waals surface area contributed by atoms with Crippen LogP contribution in [0.25, 0.3) is 11.1 Å². The zero-order valence-corrected chi connectivity index (χ0v) is 17.6. The van der Waals surface area contributed by atoms with Gasteiger partial charge in [-0.2, -0.15) is 0 Å². The van der Waals surface area contributed by atoms with E-state index in [0.717, 1.165) is 11.1 Å². The molecule has 2 aliphatic rings. The maximum absolute atomic E-state index is 15.0. The first kappa shape index (κ1) is 20.1. The number of aryl methyl sites for hydroxylation is 1. The molecule has 2 aromatic carbocycles. The summed E-state index contributed by atoms with van der Waals surface area (Å²) < 4.78 is 22.1. The number of nitrogens with zero attached hydrogens (tertiary/aromatic N) is 5. The molecule has 1 aliphatic carbocycles. The first-order valence-corrected chi connectivity index (χ1v) is 10.2. The van der Waals surface area contributed by atoms with Crippen LogP contribution in [0.3, 0.4) is 0 Å². The monoisotopic (exact) mass is 436 g/mol. The van der Waals surface area contributed by atoms with Crippen molar-refractivity contribution in [2.24, 2.45) is 0 Å². The predicted molar refractivity (Wildman–Crippen MR) is 112 cm³/mol. The number of anilines is 1. The van der Waals surface area contributed by atoms with Crippen molar-refractivity contribution in [1.29, 1.82) is 0 Å². The third-order valence-corrected chi connectivity index (χ3v) is 5.91. The zero-order valence-electron chi connectivity index (χ0n) is 17.6. The molecule has 1 spiro atoms. The first-order chi connectivity index (χ1) is 15.3. The molecule has 2 unspecified atom stereocenters. The summed E-state index contributed by atoms with van der Waals surface area (Å²) in [5, 5.41) is 14.2. The van der Waals surface area contributed by atoms with E-state index in [1.54, 1.807) is 16.8 Å². The molecule has 2 heterocycles. The number of ether oxygens (including phenoxy) is 1. The van der Waals surface area contributed by atoms with Gasteiger partial charge in [-0.05, 0) is 46.7 Å². The van der Waals surface area contributed by atoms with Crippen LogP contribution in [0.4, 0.5) is 14.9 Å². The highest BCUT2D eigenvalue weighted by molar-refractivity contribution is 5.91. The Labute approximate surface area is 183 Å². The van der Waals surface area contributed by atoms with E-state index in [2.05, 4.69) is 20.8 Å². The van der Waals surface area contributed by atoms with Crippen LogP contribution < -0.4 is 10.2 Å². The van der Waals surface area contributed by atoms with Crippen molar-refractivity contribution in [3.05, 3.63) is 59.7 Å². The van der Waals surface area contributed by atoms with E-state index in [9.17, 15) is 14.0 Å². The summed E-state index contributed by atoms with van der Waals surface area (Å²) in [5.41, 5.74) is 1.85. The lowest BCUT2D eigenvalue weighted by molar-refractivity contribution is -0.119. The summed E-state index contributed by atoms with van der Waals surface area (Å²) in [6, 6.07) is 12.0. The second-order valence-corrected chi connectivity index (χ2v) is 8.22. The van der Waals surface area contributed by atoms with E-state index in [4.69, 9.17) is 4.74 Å². The molecule has 1 saturated heterocycles. The van der Waals surface area contributed by atoms with Gasteiger partial charge in [0.25, 0.3) is 0 Å². The highest BCUT2D eigenvalue weighted by Crippen LogP contribution is 2.46. The Bertz CT molecular complexity index is 1210. The summed E-state index contributed by atoms with van der Waals surface area (Å²) in [7, 11) is 0. The molecule has 1 saturated carbocycles. The fraction of sp³-hybridized carbons (Fsp3) is 0.318. The second kappa shape index (κ2) is 7.40. The summed E-state index contributed by atoms with van der Waals surface area (Å²) in [4.78, 5) is 25.1. The molecule has 5 rings (SSSR count). The van der Waals surface area contributed by atoms with Crippen molar-refractivity contribution in [2.75, 3.05) is 11.4 Å². The average Bonchev–Trinajstić information content (AvgIpc) is 3.04. The molecule has 32 heavy (non-hydrogen) atoms. The van der Waals surface area contributed by atoms with Crippen LogP contribution in [0.1, 0.15) is 24.7 Å². The summed E-state index contributed by atoms with van der Waals surface area (Å²) in [6.45, 7) is 4.06. The van der Waals surface area contributed by atoms with Crippen LogP contribution in [0.5, 0.6) is 0 Å². The third-order valence-electron chi connectivity index (χ3n) is 5.91. The first-order valence-electron chi connectivity index (χ1n) is 10.2. The minimum atomic E-state index is -0.717. The van der Waals surface area contributed by atoms with Crippen LogP contribution in [-0.2, 0) is 16.1 Å². The van der Waals surface area contributed by atoms with Crippen molar-refractivity contribution in [3.63, 3.8) is 0 Å². The van der Waals surface area contributed by atoms with E-state index >= 15 is 0 Å². The molecular weight excluding hydrogens is 415 g/mol. The van der Waals surface area contributed by atoms with E-state index in [0.29, 0.717) is 30.0 Å². The highest BCUT2D eigenvalue weighted by atomic mass is 19.1. The van der Waals surface area contributed by atoms with Crippen molar-refractivity contribution in [1.82, 2.24) is 25.5 Å². The number of aromatic nitrogens is 4. The van der Waals surface area contributed by atoms with Crippen molar-refractivity contribution in [2.45, 2.75) is 38.5 Å². The van der Waals surface area contributed by atoms with Gasteiger partial charge < -0.3 is 10.1 Å². The van der Waals surface area contributed by atoms with E-state index in [1.807, 2.05) is 31.2 Å². The Morgan fingerprint density at radius 1 is 1.28 bits per heavy atom. The lowest BCUT2D eigenvalue weighted by atomic mass is 10.0. The molecule has 1 aliphatic heterocycles. The topological polar surface area (TPSA) is 102 Å². The van der Waals surface area contributed by atoms with Gasteiger partial charge in [-0.15, -0.1) is 5.10 Å². The van der Waals surface area contributed by atoms with Crippen LogP contribution in [0.15, 0.2) is 42.5 Å². The van der Waals surface area contributed by atoms with Crippen LogP contribution >= 0.6 is 0 Å². The number of hydrogen-bond donors (Lipinski definition) is 1. The van der Waals surface area contributed by atoms with E-state index < -0.39 is 17.5 Å². The molecule has 9 nitrogen and oxygen atoms in total. The molecule has 1 N–H and O–H groups in total. The number of tetrazole rings is 1. The Balaban J connectivity index is 1.31. The van der Waals surface area contributed by atoms with Gasteiger partial charge in [0, 0.05) is 18.9 Å². The molecule has 1 aromatic heterocycles. The van der Waals surface area contributed by atoms with Gasteiger partial charge in [0.15, 0.2) is 5.60 Å². The molecule has 0 bridgehead atoms. The minimum Gasteiger partial charge on any atom is -0.438 e. The van der Waals surface area contributed by atoms with Crippen molar-refractivity contribution >= 4 is 17.7 Å². The van der Waals surface area contributed by atoms with Gasteiger partial charge in [-0.1, -0.05) is 24.3 Å². The smallest absolute Gasteiger partial charge is 0.415 e. The lowest BCUT2D eigenvalue weighted by Gasteiger charge is -2.15. The number of amides is 2. The predicted octanol–water partition coefficient (Wildman–Crippen LogP) is 2.44. The Morgan fingerprint density at radius 2 is 2.06 bits per heavy atom. The fourth-order valence-electron chi connectivity index (χ4n) is 4.06. The minimum absolute atomic E-state index is 0.170. The Hall–Kier alpha value is -3.82. The lowest BCUT2D eigenvalue weighted by Crippen LogP contribution is -2.33. The number of benzene rings is 2. The number of carbonyl (C=O) groups excluding carboxylic acids is 2. The molecule has 2 fully saturated rings. The van der Waals surface area contributed by atoms with Gasteiger partial charge in [-0.3, -0.25) is 9.69 Å². The van der Waals surface area contributed by atoms with Crippen LogP contribution in [0, 0.1) is 12.7 Å². The molecule has 164 valence electrons. The molecule has 0 radical (unpaired) electrons. The van der Waals surface area contributed by atoms with Crippen molar-refractivity contribution in [3.8, 4) is 11.1 Å². The van der Waals surface area contributed by atoms with Crippen molar-refractivity contribution < 1.29 is 18.7 Å². The van der Waals surface area contributed by atoms with Crippen LogP contribution in [0.2, 0.25) is 0 Å². The molecule has 3 aromatic rings. The van der Waals surface area contributed by atoms with Gasteiger partial charge in [0.05, 0.1) is 24.8 Å². The maximum atomic E-state index is 15.0. The molecule has 10 heteroatoms. The second-order valence-electron chi connectivity index (χ2n) is 8.22. The number of halogens is 1.